The van der Waals surface area contributed by atoms with Gasteiger partial charge in [0.25, 0.3) is 0 Å². The zero-order chi connectivity index (χ0) is 18.1. The van der Waals surface area contributed by atoms with E-state index in [1.54, 1.807) is 12.1 Å². The summed E-state index contributed by atoms with van der Waals surface area (Å²) in [7, 11) is 0. The smallest absolute Gasteiger partial charge is 0.340 e. The zero-order valence-corrected chi connectivity index (χ0v) is 14.6. The Bertz CT molecular complexity index is 1040. The first-order valence-corrected chi connectivity index (χ1v) is 8.06. The van der Waals surface area contributed by atoms with E-state index >= 15 is 0 Å². The molecule has 0 spiro atoms. The second-order valence-electron chi connectivity index (χ2n) is 5.52. The molecule has 0 saturated carbocycles. The van der Waals surface area contributed by atoms with E-state index in [1.807, 2.05) is 13.0 Å². The molecule has 0 aliphatic carbocycles. The average Bonchev–Trinajstić information content (AvgIpc) is 2.55. The van der Waals surface area contributed by atoms with Gasteiger partial charge in [-0.15, -0.1) is 0 Å². The first kappa shape index (κ1) is 17.3. The number of ether oxygens (including phenoxy) is 1. The van der Waals surface area contributed by atoms with Crippen molar-refractivity contribution in [3.05, 3.63) is 73.6 Å². The van der Waals surface area contributed by atoms with Gasteiger partial charge in [-0.25, -0.2) is 9.59 Å². The van der Waals surface area contributed by atoms with Crippen LogP contribution in [-0.2, 0) is 11.3 Å². The van der Waals surface area contributed by atoms with E-state index in [1.165, 1.54) is 18.2 Å². The van der Waals surface area contributed by atoms with Crippen LogP contribution in [0.5, 0.6) is 0 Å². The minimum absolute atomic E-state index is 0.0700. The molecular weight excluding hydrogens is 365 g/mol. The quantitative estimate of drug-likeness (QED) is 0.416. The van der Waals surface area contributed by atoms with Crippen LogP contribution >= 0.6 is 23.2 Å². The number of aryl methyl sites for hydroxylation is 1. The van der Waals surface area contributed by atoms with Gasteiger partial charge in [0.1, 0.15) is 12.2 Å². The van der Waals surface area contributed by atoms with Gasteiger partial charge in [0, 0.05) is 22.0 Å². The van der Waals surface area contributed by atoms with Gasteiger partial charge in [0.15, 0.2) is 0 Å². The number of carbonyl (C=O) groups is 1. The van der Waals surface area contributed by atoms with Gasteiger partial charge in [-0.05, 0) is 30.7 Å². The van der Waals surface area contributed by atoms with Gasteiger partial charge >= 0.3 is 11.6 Å². The van der Waals surface area contributed by atoms with Gasteiger partial charge in [0.05, 0.1) is 16.3 Å². The fourth-order valence-corrected chi connectivity index (χ4v) is 2.92. The summed E-state index contributed by atoms with van der Waals surface area (Å²) in [5, 5.41) is 1.13. The first-order valence-electron chi connectivity index (χ1n) is 7.30. The second-order valence-corrected chi connectivity index (χ2v) is 6.36. The van der Waals surface area contributed by atoms with E-state index in [0.717, 1.165) is 5.56 Å². The number of nitrogens with two attached hydrogens (primary N) is 1. The molecule has 7 heteroatoms. The predicted octanol–water partition coefficient (Wildman–Crippen LogP) is 4.35. The summed E-state index contributed by atoms with van der Waals surface area (Å²) >= 11 is 11.8. The number of rotatable bonds is 3. The molecule has 128 valence electrons. The van der Waals surface area contributed by atoms with Crippen LogP contribution in [0.2, 0.25) is 10.0 Å². The molecule has 0 saturated heterocycles. The summed E-state index contributed by atoms with van der Waals surface area (Å²) in [5.41, 5.74) is 7.35. The number of esters is 1. The fourth-order valence-electron chi connectivity index (χ4n) is 2.43. The topological polar surface area (TPSA) is 82.5 Å². The van der Waals surface area contributed by atoms with Crippen molar-refractivity contribution in [3.8, 4) is 0 Å². The Morgan fingerprint density at radius 3 is 2.72 bits per heavy atom. The first-order chi connectivity index (χ1) is 11.8. The van der Waals surface area contributed by atoms with E-state index in [9.17, 15) is 9.59 Å². The van der Waals surface area contributed by atoms with Gasteiger partial charge in [-0.2, -0.15) is 0 Å². The number of fused-ring (bicyclic) bond motifs is 1. The fraction of sp³-hybridized carbons (Fsp3) is 0.111. The Hall–Kier alpha value is -2.50. The number of hydrogen-bond acceptors (Lipinski definition) is 5. The molecule has 2 N–H and O–H groups in total. The third-order valence-electron chi connectivity index (χ3n) is 3.66. The van der Waals surface area contributed by atoms with Crippen molar-refractivity contribution in [3.63, 3.8) is 0 Å². The van der Waals surface area contributed by atoms with Crippen LogP contribution in [0, 0.1) is 6.92 Å². The predicted molar refractivity (Wildman–Crippen MR) is 97.2 cm³/mol. The van der Waals surface area contributed by atoms with Gasteiger partial charge in [-0.3, -0.25) is 0 Å². The number of anilines is 1. The lowest BCUT2D eigenvalue weighted by molar-refractivity contribution is 0.0475. The standard InChI is InChI=1S/C18H13Cl2NO4/c1-9-2-3-12-10(5-16(22)25-15(12)4-9)8-24-18(23)13-6-11(19)7-14(20)17(13)21/h2-7H,8,21H2,1H3. The highest BCUT2D eigenvalue weighted by Crippen LogP contribution is 2.28. The molecule has 2 aromatic carbocycles. The van der Waals surface area contributed by atoms with Crippen LogP contribution < -0.4 is 11.4 Å². The summed E-state index contributed by atoms with van der Waals surface area (Å²) in [6, 6.07) is 9.54. The van der Waals surface area contributed by atoms with E-state index in [-0.39, 0.29) is 27.9 Å². The largest absolute Gasteiger partial charge is 0.457 e. The van der Waals surface area contributed by atoms with Crippen LogP contribution in [-0.4, -0.2) is 5.97 Å². The van der Waals surface area contributed by atoms with Crippen LogP contribution in [0.1, 0.15) is 21.5 Å². The van der Waals surface area contributed by atoms with Gasteiger partial charge in [0.2, 0.25) is 0 Å². The van der Waals surface area contributed by atoms with E-state index < -0.39 is 11.6 Å². The molecule has 5 nitrogen and oxygen atoms in total. The third-order valence-corrected chi connectivity index (χ3v) is 4.19. The molecule has 1 aromatic heterocycles. The Morgan fingerprint density at radius 2 is 1.96 bits per heavy atom. The number of halogens is 2. The van der Waals surface area contributed by atoms with Crippen LogP contribution in [0.3, 0.4) is 0 Å². The second kappa shape index (κ2) is 6.78. The summed E-state index contributed by atoms with van der Waals surface area (Å²) in [4.78, 5) is 24.0. The number of hydrogen-bond donors (Lipinski definition) is 1. The van der Waals surface area contributed by atoms with Crippen molar-refractivity contribution in [2.45, 2.75) is 13.5 Å². The Labute approximate surface area is 152 Å². The summed E-state index contributed by atoms with van der Waals surface area (Å²) in [5.74, 6) is -0.685. The van der Waals surface area contributed by atoms with E-state index in [0.29, 0.717) is 16.5 Å². The van der Waals surface area contributed by atoms with E-state index in [2.05, 4.69) is 0 Å². The van der Waals surface area contributed by atoms with E-state index in [4.69, 9.17) is 38.1 Å². The molecule has 1 heterocycles. The van der Waals surface area contributed by atoms with Gasteiger partial charge in [-0.1, -0.05) is 35.3 Å². The van der Waals surface area contributed by atoms with Crippen molar-refractivity contribution >= 4 is 45.8 Å². The summed E-state index contributed by atoms with van der Waals surface area (Å²) in [6.07, 6.45) is 0. The molecule has 0 aliphatic heterocycles. The lowest BCUT2D eigenvalue weighted by Crippen LogP contribution is -2.10. The average molecular weight is 378 g/mol. The molecule has 0 fully saturated rings. The summed E-state index contributed by atoms with van der Waals surface area (Å²) < 4.78 is 10.5. The molecule has 0 radical (unpaired) electrons. The number of benzene rings is 2. The summed E-state index contributed by atoms with van der Waals surface area (Å²) in [6.45, 7) is 1.77. The number of carbonyl (C=O) groups excluding carboxylic acids is 1. The monoisotopic (exact) mass is 377 g/mol. The maximum Gasteiger partial charge on any atom is 0.340 e. The molecule has 3 rings (SSSR count). The highest BCUT2D eigenvalue weighted by molar-refractivity contribution is 6.37. The van der Waals surface area contributed by atoms with Crippen LogP contribution in [0.25, 0.3) is 11.0 Å². The molecule has 0 amide bonds. The van der Waals surface area contributed by atoms with Crippen molar-refractivity contribution in [2.24, 2.45) is 0 Å². The molecule has 0 aliphatic rings. The number of nitrogen functional groups attached to an aromatic ring is 1. The molecule has 0 unspecified atom stereocenters. The normalized spacial score (nSPS) is 10.8. The molecule has 0 bridgehead atoms. The molecule has 3 aromatic rings. The minimum Gasteiger partial charge on any atom is -0.457 e. The zero-order valence-electron chi connectivity index (χ0n) is 13.1. The highest BCUT2D eigenvalue weighted by Gasteiger charge is 2.16. The molecular formula is C18H13Cl2NO4. The Morgan fingerprint density at radius 1 is 1.20 bits per heavy atom. The maximum atomic E-state index is 12.3. The van der Waals surface area contributed by atoms with Crippen LogP contribution in [0.15, 0.2) is 45.6 Å². The van der Waals surface area contributed by atoms with Crippen molar-refractivity contribution in [2.75, 3.05) is 5.73 Å². The Kier molecular flexibility index (Phi) is 4.70. The lowest BCUT2D eigenvalue weighted by Gasteiger charge is -2.10. The van der Waals surface area contributed by atoms with Crippen molar-refractivity contribution in [1.82, 2.24) is 0 Å². The van der Waals surface area contributed by atoms with Gasteiger partial charge < -0.3 is 14.9 Å². The maximum absolute atomic E-state index is 12.3. The van der Waals surface area contributed by atoms with Crippen molar-refractivity contribution < 1.29 is 13.9 Å². The van der Waals surface area contributed by atoms with Crippen LogP contribution in [0.4, 0.5) is 5.69 Å². The SMILES string of the molecule is Cc1ccc2c(COC(=O)c3cc(Cl)cc(Cl)c3N)cc(=O)oc2c1. The Balaban J connectivity index is 1.91. The highest BCUT2D eigenvalue weighted by atomic mass is 35.5. The lowest BCUT2D eigenvalue weighted by atomic mass is 10.1. The third kappa shape index (κ3) is 3.62. The van der Waals surface area contributed by atoms with Crippen molar-refractivity contribution in [1.29, 1.82) is 0 Å². The molecule has 0 atom stereocenters. The minimum atomic E-state index is -0.685. The molecule has 25 heavy (non-hydrogen) atoms.